The molecule has 4 aromatic heterocycles. The summed E-state index contributed by atoms with van der Waals surface area (Å²) >= 11 is 1.27. The van der Waals surface area contributed by atoms with E-state index in [1.165, 1.54) is 23.6 Å². The zero-order valence-electron chi connectivity index (χ0n) is 17.7. The number of hydrogen-bond donors (Lipinski definition) is 1. The van der Waals surface area contributed by atoms with Crippen LogP contribution < -0.4 is 5.32 Å². The predicted octanol–water partition coefficient (Wildman–Crippen LogP) is 5.28. The van der Waals surface area contributed by atoms with E-state index in [2.05, 4.69) is 20.5 Å². The molecule has 34 heavy (non-hydrogen) atoms. The van der Waals surface area contributed by atoms with Crippen molar-refractivity contribution in [3.63, 3.8) is 0 Å². The van der Waals surface area contributed by atoms with Crippen LogP contribution in [0.2, 0.25) is 0 Å². The minimum Gasteiger partial charge on any atom is -0.318 e. The van der Waals surface area contributed by atoms with Gasteiger partial charge in [0.05, 0.1) is 29.0 Å². The van der Waals surface area contributed by atoms with Crippen LogP contribution in [0.1, 0.15) is 27.3 Å². The Morgan fingerprint density at radius 1 is 1.15 bits per heavy atom. The summed E-state index contributed by atoms with van der Waals surface area (Å²) in [5.41, 5.74) is 1.47. The quantitative estimate of drug-likeness (QED) is 0.370. The molecule has 0 spiro atoms. The van der Waals surface area contributed by atoms with Gasteiger partial charge in [-0.25, -0.2) is 9.50 Å². The molecule has 0 aliphatic carbocycles. The highest BCUT2D eigenvalue weighted by atomic mass is 32.1. The topological polar surface area (TPSA) is 77.1 Å². The maximum Gasteiger partial charge on any atom is 0.433 e. The molecule has 0 unspecified atom stereocenters. The number of carbonyl (C=O) groups excluding carboxylic acids is 1. The standard InChI is InChI=1S/C23H17F3N6OS/c1-14-4-2-5-15(8-14)12-31-13-16(11-27-31)28-22(33)18-10-21-29-17(19-6-3-7-34-19)9-20(23(24,25)26)32(21)30-18/h2-11,13H,12H2,1H3,(H,28,33). The van der Waals surface area contributed by atoms with E-state index < -0.39 is 17.8 Å². The highest BCUT2D eigenvalue weighted by Gasteiger charge is 2.35. The molecule has 0 bridgehead atoms. The molecule has 5 rings (SSSR count). The number of benzene rings is 1. The summed E-state index contributed by atoms with van der Waals surface area (Å²) < 4.78 is 43.4. The normalized spacial score (nSPS) is 11.8. The molecule has 7 nitrogen and oxygen atoms in total. The van der Waals surface area contributed by atoms with Crippen LogP contribution in [0.3, 0.4) is 0 Å². The molecule has 172 valence electrons. The fourth-order valence-corrected chi connectivity index (χ4v) is 4.23. The Morgan fingerprint density at radius 2 is 2.00 bits per heavy atom. The average Bonchev–Trinajstić information content (AvgIpc) is 3.53. The number of carbonyl (C=O) groups is 1. The lowest BCUT2D eigenvalue weighted by Gasteiger charge is -2.10. The molecule has 0 saturated heterocycles. The molecule has 1 N–H and O–H groups in total. The first-order valence-corrected chi connectivity index (χ1v) is 11.1. The summed E-state index contributed by atoms with van der Waals surface area (Å²) in [5, 5.41) is 12.5. The van der Waals surface area contributed by atoms with Crippen molar-refractivity contribution in [3.8, 4) is 10.6 Å². The number of aromatic nitrogens is 5. The molecule has 1 amide bonds. The molecule has 4 heterocycles. The van der Waals surface area contributed by atoms with Crippen molar-refractivity contribution < 1.29 is 18.0 Å². The second kappa shape index (κ2) is 8.41. The van der Waals surface area contributed by atoms with Crippen molar-refractivity contribution in [1.82, 2.24) is 24.4 Å². The molecule has 0 atom stereocenters. The van der Waals surface area contributed by atoms with Gasteiger partial charge in [0, 0.05) is 12.3 Å². The zero-order valence-corrected chi connectivity index (χ0v) is 18.6. The van der Waals surface area contributed by atoms with Gasteiger partial charge in [-0.15, -0.1) is 11.3 Å². The van der Waals surface area contributed by atoms with Crippen molar-refractivity contribution in [1.29, 1.82) is 0 Å². The molecule has 0 aliphatic rings. The number of thiophene rings is 1. The summed E-state index contributed by atoms with van der Waals surface area (Å²) in [4.78, 5) is 17.6. The molecule has 0 radical (unpaired) electrons. The lowest BCUT2D eigenvalue weighted by atomic mass is 10.1. The van der Waals surface area contributed by atoms with E-state index in [9.17, 15) is 18.0 Å². The van der Waals surface area contributed by atoms with Crippen molar-refractivity contribution >= 4 is 28.6 Å². The summed E-state index contributed by atoms with van der Waals surface area (Å²) in [6, 6.07) is 13.5. The first kappa shape index (κ1) is 21.8. The number of alkyl halides is 3. The average molecular weight is 482 g/mol. The van der Waals surface area contributed by atoms with Gasteiger partial charge in [-0.3, -0.25) is 9.48 Å². The zero-order chi connectivity index (χ0) is 23.9. The van der Waals surface area contributed by atoms with Gasteiger partial charge in [-0.05, 0) is 30.0 Å². The van der Waals surface area contributed by atoms with Crippen molar-refractivity contribution in [2.45, 2.75) is 19.6 Å². The first-order valence-electron chi connectivity index (χ1n) is 10.2. The maximum absolute atomic E-state index is 13.7. The molecular weight excluding hydrogens is 465 g/mol. The molecule has 0 aliphatic heterocycles. The molecule has 0 saturated carbocycles. The number of hydrogen-bond acceptors (Lipinski definition) is 5. The van der Waals surface area contributed by atoms with E-state index in [-0.39, 0.29) is 17.0 Å². The van der Waals surface area contributed by atoms with Gasteiger partial charge in [0.15, 0.2) is 17.0 Å². The molecule has 5 aromatic rings. The van der Waals surface area contributed by atoms with Gasteiger partial charge in [-0.2, -0.15) is 23.4 Å². The fourth-order valence-electron chi connectivity index (χ4n) is 3.55. The highest BCUT2D eigenvalue weighted by molar-refractivity contribution is 7.13. The number of anilines is 1. The summed E-state index contributed by atoms with van der Waals surface area (Å²) in [5.74, 6) is -0.661. The Hall–Kier alpha value is -3.99. The van der Waals surface area contributed by atoms with Gasteiger partial charge in [0.1, 0.15) is 0 Å². The summed E-state index contributed by atoms with van der Waals surface area (Å²) in [7, 11) is 0. The van der Waals surface area contributed by atoms with Crippen molar-refractivity contribution in [2.24, 2.45) is 0 Å². The summed E-state index contributed by atoms with van der Waals surface area (Å²) in [6.07, 6.45) is -1.56. The third kappa shape index (κ3) is 4.42. The smallest absolute Gasteiger partial charge is 0.318 e. The largest absolute Gasteiger partial charge is 0.433 e. The van der Waals surface area contributed by atoms with Gasteiger partial charge in [-0.1, -0.05) is 35.9 Å². The van der Waals surface area contributed by atoms with Crippen molar-refractivity contribution in [3.05, 3.63) is 88.8 Å². The lowest BCUT2D eigenvalue weighted by molar-refractivity contribution is -0.142. The van der Waals surface area contributed by atoms with Crippen LogP contribution >= 0.6 is 11.3 Å². The second-order valence-corrected chi connectivity index (χ2v) is 8.62. The third-order valence-electron chi connectivity index (χ3n) is 5.04. The first-order chi connectivity index (χ1) is 16.3. The Labute approximate surface area is 195 Å². The number of nitrogens with zero attached hydrogens (tertiary/aromatic N) is 5. The Kier molecular flexibility index (Phi) is 5.40. The Balaban J connectivity index is 1.41. The van der Waals surface area contributed by atoms with Crippen LogP contribution in [0.5, 0.6) is 0 Å². The van der Waals surface area contributed by atoms with Crippen molar-refractivity contribution in [2.75, 3.05) is 5.32 Å². The Bertz CT molecular complexity index is 1490. The monoisotopic (exact) mass is 482 g/mol. The van der Waals surface area contributed by atoms with Crippen LogP contribution in [0.4, 0.5) is 18.9 Å². The number of aryl methyl sites for hydroxylation is 1. The van der Waals surface area contributed by atoms with Crippen LogP contribution in [-0.2, 0) is 12.7 Å². The molecule has 11 heteroatoms. The Morgan fingerprint density at radius 3 is 2.74 bits per heavy atom. The maximum atomic E-state index is 13.7. The van der Waals surface area contributed by atoms with Gasteiger partial charge >= 0.3 is 6.18 Å². The van der Waals surface area contributed by atoms with Gasteiger partial charge in [0.2, 0.25) is 0 Å². The molecule has 0 fully saturated rings. The fraction of sp³-hybridized carbons (Fsp3) is 0.130. The van der Waals surface area contributed by atoms with E-state index in [0.717, 1.165) is 17.2 Å². The number of fused-ring (bicyclic) bond motifs is 1. The third-order valence-corrected chi connectivity index (χ3v) is 5.93. The van der Waals surface area contributed by atoms with E-state index in [4.69, 9.17) is 0 Å². The predicted molar refractivity (Wildman–Crippen MR) is 122 cm³/mol. The second-order valence-electron chi connectivity index (χ2n) is 7.67. The van der Waals surface area contributed by atoms with Crippen LogP contribution in [0.25, 0.3) is 16.2 Å². The number of halogens is 3. The van der Waals surface area contributed by atoms with Crippen LogP contribution in [0.15, 0.2) is 66.3 Å². The minimum atomic E-state index is -4.68. The van der Waals surface area contributed by atoms with E-state index >= 15 is 0 Å². The van der Waals surface area contributed by atoms with Crippen LogP contribution in [-0.4, -0.2) is 30.3 Å². The summed E-state index contributed by atoms with van der Waals surface area (Å²) in [6.45, 7) is 2.51. The van der Waals surface area contributed by atoms with Gasteiger partial charge < -0.3 is 5.32 Å². The SMILES string of the molecule is Cc1cccc(Cn2cc(NC(=O)c3cc4nc(-c5cccs5)cc(C(F)(F)F)n4n3)cn2)c1. The number of rotatable bonds is 5. The van der Waals surface area contributed by atoms with Gasteiger partial charge in [0.25, 0.3) is 5.91 Å². The lowest BCUT2D eigenvalue weighted by Crippen LogP contribution is -2.15. The molecular formula is C23H17F3N6OS. The van der Waals surface area contributed by atoms with E-state index in [0.29, 0.717) is 21.6 Å². The number of nitrogens with one attached hydrogen (secondary N) is 1. The minimum absolute atomic E-state index is 0.0708. The van der Waals surface area contributed by atoms with E-state index in [1.54, 1.807) is 28.4 Å². The van der Waals surface area contributed by atoms with Crippen LogP contribution in [0, 0.1) is 6.92 Å². The highest BCUT2D eigenvalue weighted by Crippen LogP contribution is 2.33. The number of amides is 1. The molecule has 1 aromatic carbocycles. The van der Waals surface area contributed by atoms with E-state index in [1.807, 2.05) is 31.2 Å².